The van der Waals surface area contributed by atoms with Crippen molar-refractivity contribution in [3.63, 3.8) is 0 Å². The molecule has 0 saturated carbocycles. The number of benzene rings is 1. The van der Waals surface area contributed by atoms with E-state index in [0.717, 1.165) is 0 Å². The van der Waals surface area contributed by atoms with E-state index in [2.05, 4.69) is 20.3 Å². The average Bonchev–Trinajstić information content (AvgIpc) is 3.42. The minimum Gasteiger partial charge on any atom is -0.497 e. The molecule has 1 saturated heterocycles. The maximum absolute atomic E-state index is 13.3. The maximum atomic E-state index is 13.3. The lowest BCUT2D eigenvalue weighted by Gasteiger charge is -2.36. The number of aliphatic hydroxyl groups excluding tert-OH is 2. The van der Waals surface area contributed by atoms with Crippen molar-refractivity contribution in [2.24, 2.45) is 10.7 Å². The van der Waals surface area contributed by atoms with Crippen LogP contribution in [0.3, 0.4) is 0 Å². The van der Waals surface area contributed by atoms with Gasteiger partial charge in [0.25, 0.3) is 17.6 Å². The number of aliphatic imine (C=N–C) groups is 1. The van der Waals surface area contributed by atoms with E-state index in [9.17, 15) is 24.6 Å². The minimum atomic E-state index is -1.39. The minimum absolute atomic E-state index is 0.0762. The molecule has 1 aromatic heterocycles. The van der Waals surface area contributed by atoms with Gasteiger partial charge in [0.05, 0.1) is 19.8 Å². The zero-order valence-electron chi connectivity index (χ0n) is 20.9. The molecule has 14 heteroatoms. The van der Waals surface area contributed by atoms with Gasteiger partial charge < -0.3 is 40.4 Å². The highest BCUT2D eigenvalue weighted by Crippen LogP contribution is 2.44. The molecule has 1 fully saturated rings. The van der Waals surface area contributed by atoms with E-state index in [0.29, 0.717) is 17.6 Å². The van der Waals surface area contributed by atoms with Crippen LogP contribution >= 0.6 is 0 Å². The summed E-state index contributed by atoms with van der Waals surface area (Å²) in [6, 6.07) is 6.45. The molecule has 4 rings (SSSR count). The summed E-state index contributed by atoms with van der Waals surface area (Å²) in [5.41, 5.74) is 6.12. The molecule has 0 bridgehead atoms. The Morgan fingerprint density at radius 1 is 1.24 bits per heavy atom. The number of aldehydes is 1. The van der Waals surface area contributed by atoms with Crippen LogP contribution in [-0.2, 0) is 14.3 Å². The van der Waals surface area contributed by atoms with Gasteiger partial charge in [0, 0.05) is 18.7 Å². The van der Waals surface area contributed by atoms with Crippen molar-refractivity contribution in [3.05, 3.63) is 36.2 Å². The van der Waals surface area contributed by atoms with Crippen molar-refractivity contribution in [3.8, 4) is 5.75 Å². The summed E-state index contributed by atoms with van der Waals surface area (Å²) in [5.74, 6) is -0.110. The largest absolute Gasteiger partial charge is 0.497 e. The number of hydrogen-bond acceptors (Lipinski definition) is 11. The van der Waals surface area contributed by atoms with Crippen LogP contribution < -0.4 is 20.3 Å². The van der Waals surface area contributed by atoms with Gasteiger partial charge in [-0.2, -0.15) is 14.5 Å². The first-order valence-corrected chi connectivity index (χ1v) is 11.9. The smallest absolute Gasteiger partial charge is 0.279 e. The first-order chi connectivity index (χ1) is 18.2. The second kappa shape index (κ2) is 11.3. The number of rotatable bonds is 10. The van der Waals surface area contributed by atoms with Crippen molar-refractivity contribution in [2.75, 3.05) is 38.6 Å². The molecule has 38 heavy (non-hydrogen) atoms. The monoisotopic (exact) mass is 528 g/mol. The van der Waals surface area contributed by atoms with Crippen molar-refractivity contribution in [1.82, 2.24) is 19.4 Å². The Morgan fingerprint density at radius 3 is 2.58 bits per heavy atom. The SMILES string of the molecule is COc1ccc(C(=O)Nc2ncnc3c2N=C[N+]3(CC(=O)N(CC=O)CCN)[C@@H]2O[C@H](C)[C@@H](O)[C@H]2O)cc1. The molecule has 2 aromatic rings. The fourth-order valence-electron chi connectivity index (χ4n) is 4.51. The van der Waals surface area contributed by atoms with Gasteiger partial charge in [0.1, 0.15) is 24.5 Å². The number of nitrogens with two attached hydrogens (primary N) is 1. The number of ether oxygens (including phenoxy) is 2. The number of aromatic nitrogens is 2. The van der Waals surface area contributed by atoms with Crippen LogP contribution in [0, 0.1) is 0 Å². The van der Waals surface area contributed by atoms with Gasteiger partial charge in [-0.05, 0) is 31.2 Å². The summed E-state index contributed by atoms with van der Waals surface area (Å²) in [5, 5.41) is 24.0. The fraction of sp³-hybridized carbons (Fsp3) is 0.417. The number of amides is 2. The van der Waals surface area contributed by atoms with Gasteiger partial charge in [-0.3, -0.25) is 9.59 Å². The van der Waals surface area contributed by atoms with Crippen molar-refractivity contribution in [1.29, 1.82) is 0 Å². The number of quaternary nitrogens is 1. The summed E-state index contributed by atoms with van der Waals surface area (Å²) in [6.45, 7) is 1.32. The predicted octanol–water partition coefficient (Wildman–Crippen LogP) is -0.829. The second-order valence-electron chi connectivity index (χ2n) is 8.92. The third-order valence-corrected chi connectivity index (χ3v) is 6.55. The standard InChI is InChI=1S/C24H29N7O7/c1-14-19(34)20(35)24(38-14)31(11-17(33)30(8-7-25)9-10-32)13-28-18-21(26-12-27-22(18)31)29-23(36)15-3-5-16(37-2)6-4-15/h3-6,10,12-14,19-20,24,34-35H,7-9,11,25H2,1-2H3/p+1/t14-,19-,20-,24-,31?/m1/s1. The zero-order chi connectivity index (χ0) is 27.4. The molecule has 2 aliphatic rings. The maximum Gasteiger partial charge on any atom is 0.279 e. The lowest BCUT2D eigenvalue weighted by atomic mass is 10.1. The Hall–Kier alpha value is -3.82. The molecule has 2 aliphatic heterocycles. The molecule has 2 amide bonds. The quantitative estimate of drug-likeness (QED) is 0.224. The van der Waals surface area contributed by atoms with E-state index in [1.807, 2.05) is 0 Å². The summed E-state index contributed by atoms with van der Waals surface area (Å²) in [7, 11) is 1.52. The van der Waals surface area contributed by atoms with Crippen LogP contribution in [0.1, 0.15) is 17.3 Å². The summed E-state index contributed by atoms with van der Waals surface area (Å²) in [4.78, 5) is 51.6. The molecule has 0 spiro atoms. The average molecular weight is 529 g/mol. The van der Waals surface area contributed by atoms with E-state index in [1.165, 1.54) is 24.7 Å². The molecule has 1 aromatic carbocycles. The topological polar surface area (TPSA) is 190 Å². The first kappa shape index (κ1) is 27.2. The van der Waals surface area contributed by atoms with Crippen LogP contribution in [0.4, 0.5) is 17.3 Å². The molecule has 1 unspecified atom stereocenters. The summed E-state index contributed by atoms with van der Waals surface area (Å²) in [6.07, 6.45) is -1.38. The third-order valence-electron chi connectivity index (χ3n) is 6.55. The van der Waals surface area contributed by atoms with E-state index in [4.69, 9.17) is 15.2 Å². The number of hydrogen-bond donors (Lipinski definition) is 4. The Balaban J connectivity index is 1.71. The number of anilines is 1. The molecule has 0 aliphatic carbocycles. The Bertz CT molecular complexity index is 1230. The molecule has 5 N–H and O–H groups in total. The van der Waals surface area contributed by atoms with Crippen molar-refractivity contribution >= 4 is 41.8 Å². The molecule has 14 nitrogen and oxygen atoms in total. The van der Waals surface area contributed by atoms with Crippen LogP contribution in [0.15, 0.2) is 35.6 Å². The Morgan fingerprint density at radius 2 is 1.97 bits per heavy atom. The number of fused-ring (bicyclic) bond motifs is 1. The van der Waals surface area contributed by atoms with Gasteiger partial charge in [0.2, 0.25) is 6.23 Å². The second-order valence-corrected chi connectivity index (χ2v) is 8.92. The lowest BCUT2D eigenvalue weighted by Crippen LogP contribution is -2.63. The van der Waals surface area contributed by atoms with Crippen molar-refractivity contribution in [2.45, 2.75) is 31.5 Å². The van der Waals surface area contributed by atoms with Gasteiger partial charge in [-0.1, -0.05) is 0 Å². The highest BCUT2D eigenvalue weighted by atomic mass is 16.6. The van der Waals surface area contributed by atoms with Gasteiger partial charge in [-0.25, -0.2) is 4.98 Å². The Labute approximate surface area is 218 Å². The number of nitrogens with zero attached hydrogens (tertiary/aromatic N) is 5. The summed E-state index contributed by atoms with van der Waals surface area (Å²) >= 11 is 0. The van der Waals surface area contributed by atoms with Crippen LogP contribution in [0.25, 0.3) is 0 Å². The van der Waals surface area contributed by atoms with E-state index >= 15 is 0 Å². The van der Waals surface area contributed by atoms with Gasteiger partial charge >= 0.3 is 0 Å². The number of carbonyl (C=O) groups is 3. The van der Waals surface area contributed by atoms with E-state index < -0.39 is 40.8 Å². The highest BCUT2D eigenvalue weighted by Gasteiger charge is 2.58. The van der Waals surface area contributed by atoms with Crippen LogP contribution in [0.5, 0.6) is 5.75 Å². The molecule has 5 atom stereocenters. The predicted molar refractivity (Wildman–Crippen MR) is 136 cm³/mol. The third kappa shape index (κ3) is 4.99. The van der Waals surface area contributed by atoms with Crippen LogP contribution in [0.2, 0.25) is 0 Å². The number of carbonyl (C=O) groups excluding carboxylic acids is 3. The van der Waals surface area contributed by atoms with Gasteiger partial charge in [-0.15, -0.1) is 0 Å². The number of aliphatic hydroxyl groups is 2. The molecular weight excluding hydrogens is 498 g/mol. The fourth-order valence-corrected chi connectivity index (χ4v) is 4.51. The Kier molecular flexibility index (Phi) is 8.08. The van der Waals surface area contributed by atoms with E-state index in [1.54, 1.807) is 31.2 Å². The normalized spacial score (nSPS) is 25.6. The number of methoxy groups -OCH3 is 1. The number of nitrogens with one attached hydrogen (secondary N) is 1. The first-order valence-electron chi connectivity index (χ1n) is 11.9. The summed E-state index contributed by atoms with van der Waals surface area (Å²) < 4.78 is 10.5. The van der Waals surface area contributed by atoms with E-state index in [-0.39, 0.29) is 43.5 Å². The van der Waals surface area contributed by atoms with Crippen LogP contribution in [-0.4, -0.2) is 107 Å². The molecule has 0 radical (unpaired) electrons. The highest BCUT2D eigenvalue weighted by molar-refractivity contribution is 6.07. The van der Waals surface area contributed by atoms with Crippen molar-refractivity contribution < 1.29 is 34.1 Å². The molecule has 3 heterocycles. The lowest BCUT2D eigenvalue weighted by molar-refractivity contribution is -0.136. The zero-order valence-corrected chi connectivity index (χ0v) is 20.9. The molecule has 202 valence electrons. The molecular formula is C24H30N7O7+. The van der Waals surface area contributed by atoms with Gasteiger partial charge in [0.15, 0.2) is 30.5 Å².